The smallest absolute Gasteiger partial charge is 0.419 e. The summed E-state index contributed by atoms with van der Waals surface area (Å²) in [7, 11) is 1.45. The van der Waals surface area contributed by atoms with Crippen LogP contribution in [0.25, 0.3) is 22.3 Å². The molecule has 9 nitrogen and oxygen atoms in total. The van der Waals surface area contributed by atoms with Gasteiger partial charge in [0, 0.05) is 38.4 Å². The van der Waals surface area contributed by atoms with Crippen LogP contribution in [0.1, 0.15) is 24.8 Å². The van der Waals surface area contributed by atoms with Gasteiger partial charge in [-0.3, -0.25) is 4.79 Å². The van der Waals surface area contributed by atoms with Crippen molar-refractivity contribution in [2.75, 3.05) is 37.7 Å². The second-order valence-electron chi connectivity index (χ2n) is 9.00. The number of aromatic nitrogens is 4. The third kappa shape index (κ3) is 4.43. The number of fused-ring (bicyclic) bond motifs is 1. The van der Waals surface area contributed by atoms with E-state index < -0.39 is 40.7 Å². The van der Waals surface area contributed by atoms with Gasteiger partial charge in [0.1, 0.15) is 11.7 Å². The minimum Gasteiger partial charge on any atom is -0.503 e. The Morgan fingerprint density at radius 2 is 1.86 bits per heavy atom. The lowest BCUT2D eigenvalue weighted by molar-refractivity contribution is -0.140. The summed E-state index contributed by atoms with van der Waals surface area (Å²) in [6.45, 7) is 2.12. The molecule has 4 heterocycles. The van der Waals surface area contributed by atoms with E-state index in [4.69, 9.17) is 4.74 Å². The number of likely N-dealkylation sites (tertiary alicyclic amines) is 1. The quantitative estimate of drug-likeness (QED) is 0.524. The predicted molar refractivity (Wildman–Crippen MR) is 121 cm³/mol. The second-order valence-corrected chi connectivity index (χ2v) is 9.00. The molecule has 0 spiro atoms. The van der Waals surface area contributed by atoms with Gasteiger partial charge in [-0.15, -0.1) is 0 Å². The maximum absolute atomic E-state index is 14.7. The summed E-state index contributed by atoms with van der Waals surface area (Å²) in [5, 5.41) is 13.9. The molecular formula is C23H23F5N6O3. The zero-order valence-corrected chi connectivity index (χ0v) is 19.7. The molecular weight excluding hydrogens is 503 g/mol. The van der Waals surface area contributed by atoms with Gasteiger partial charge >= 0.3 is 6.18 Å². The number of amides is 1. The van der Waals surface area contributed by atoms with Gasteiger partial charge in [-0.05, 0) is 25.3 Å². The number of morpholine rings is 1. The van der Waals surface area contributed by atoms with Crippen molar-refractivity contribution in [2.45, 2.75) is 31.5 Å². The molecule has 0 saturated carbocycles. The van der Waals surface area contributed by atoms with Crippen LogP contribution in [0.3, 0.4) is 0 Å². The van der Waals surface area contributed by atoms with Gasteiger partial charge in [0.2, 0.25) is 11.9 Å². The van der Waals surface area contributed by atoms with Gasteiger partial charge in [-0.1, -0.05) is 0 Å². The number of phenols is 1. The highest BCUT2D eigenvalue weighted by Gasteiger charge is 2.39. The van der Waals surface area contributed by atoms with Crippen LogP contribution in [0.4, 0.5) is 27.9 Å². The van der Waals surface area contributed by atoms with Gasteiger partial charge in [-0.25, -0.2) is 18.4 Å². The Balaban J connectivity index is 1.55. The first-order chi connectivity index (χ1) is 17.6. The molecule has 14 heteroatoms. The average molecular weight is 526 g/mol. The summed E-state index contributed by atoms with van der Waals surface area (Å²) >= 11 is 0. The molecule has 37 heavy (non-hydrogen) atoms. The lowest BCUT2D eigenvalue weighted by Crippen LogP contribution is -2.56. The molecule has 1 amide bonds. The third-order valence-corrected chi connectivity index (χ3v) is 6.64. The number of alkyl halides is 3. The lowest BCUT2D eigenvalue weighted by atomic mass is 10.0. The number of piperidine rings is 1. The molecule has 1 N–H and O–H groups in total. The number of hydrogen-bond acceptors (Lipinski definition) is 7. The molecule has 3 aromatic rings. The molecule has 0 unspecified atom stereocenters. The normalized spacial score (nSPS) is 19.0. The standard InChI is InChI=1S/C23H23F5N6O3/c1-32-20-13(18(31-32)12-9-14(23(26,27)28)17(25)19(35)16(12)24)10-29-22(30-20)34-7-8-37-11-15(34)21(36)33-5-3-2-4-6-33/h9-10,15,35H,2-8,11H2,1H3/t15-/m0/s1. The van der Waals surface area contributed by atoms with E-state index in [9.17, 15) is 31.9 Å². The van der Waals surface area contributed by atoms with E-state index in [1.54, 1.807) is 9.80 Å². The van der Waals surface area contributed by atoms with Crippen LogP contribution in [-0.2, 0) is 22.8 Å². The summed E-state index contributed by atoms with van der Waals surface area (Å²) in [4.78, 5) is 25.5. The number of carbonyl (C=O) groups excluding carboxylic acids is 1. The molecule has 2 aromatic heterocycles. The summed E-state index contributed by atoms with van der Waals surface area (Å²) < 4.78 is 75.3. The van der Waals surface area contributed by atoms with E-state index in [2.05, 4.69) is 15.1 Å². The molecule has 2 saturated heterocycles. The summed E-state index contributed by atoms with van der Waals surface area (Å²) in [5.41, 5.74) is -2.74. The number of nitrogens with zero attached hydrogens (tertiary/aromatic N) is 6. The Kier molecular flexibility index (Phi) is 6.38. The third-order valence-electron chi connectivity index (χ3n) is 6.64. The molecule has 5 rings (SSSR count). The number of hydrogen-bond donors (Lipinski definition) is 1. The van der Waals surface area contributed by atoms with E-state index in [0.29, 0.717) is 26.2 Å². The monoisotopic (exact) mass is 526 g/mol. The first-order valence-electron chi connectivity index (χ1n) is 11.7. The van der Waals surface area contributed by atoms with Crippen LogP contribution in [0, 0.1) is 11.6 Å². The molecule has 0 aliphatic carbocycles. The van der Waals surface area contributed by atoms with Crippen LogP contribution in [0.5, 0.6) is 5.75 Å². The number of rotatable bonds is 3. The first-order valence-corrected chi connectivity index (χ1v) is 11.7. The molecule has 1 aromatic carbocycles. The van der Waals surface area contributed by atoms with Crippen LogP contribution < -0.4 is 4.90 Å². The van der Waals surface area contributed by atoms with E-state index >= 15 is 0 Å². The van der Waals surface area contributed by atoms with Crippen molar-refractivity contribution in [2.24, 2.45) is 7.05 Å². The number of benzene rings is 1. The second kappa shape index (κ2) is 9.39. The topological polar surface area (TPSA) is 96.6 Å². The summed E-state index contributed by atoms with van der Waals surface area (Å²) in [6.07, 6.45) is -1.01. The van der Waals surface area contributed by atoms with Crippen molar-refractivity contribution in [3.8, 4) is 17.0 Å². The summed E-state index contributed by atoms with van der Waals surface area (Å²) in [5.74, 6) is -5.37. The molecule has 198 valence electrons. The van der Waals surface area contributed by atoms with Crippen LogP contribution in [0.15, 0.2) is 12.3 Å². The fraction of sp³-hybridized carbons (Fsp3) is 0.478. The minimum absolute atomic E-state index is 0.0800. The predicted octanol–water partition coefficient (Wildman–Crippen LogP) is 3.25. The van der Waals surface area contributed by atoms with E-state index in [-0.39, 0.29) is 41.3 Å². The Bertz CT molecular complexity index is 1360. The van der Waals surface area contributed by atoms with E-state index in [1.165, 1.54) is 17.9 Å². The molecule has 2 fully saturated rings. The lowest BCUT2D eigenvalue weighted by Gasteiger charge is -2.38. The van der Waals surface area contributed by atoms with Gasteiger partial charge < -0.3 is 19.6 Å². The number of aryl methyl sites for hydroxylation is 1. The fourth-order valence-electron chi connectivity index (χ4n) is 4.74. The van der Waals surface area contributed by atoms with Crippen LogP contribution in [0.2, 0.25) is 0 Å². The van der Waals surface area contributed by atoms with Crippen molar-refractivity contribution in [3.63, 3.8) is 0 Å². The van der Waals surface area contributed by atoms with Gasteiger partial charge in [0.15, 0.2) is 23.0 Å². The Morgan fingerprint density at radius 3 is 2.57 bits per heavy atom. The van der Waals surface area contributed by atoms with Crippen molar-refractivity contribution in [1.29, 1.82) is 0 Å². The zero-order chi connectivity index (χ0) is 26.5. The largest absolute Gasteiger partial charge is 0.503 e. The van der Waals surface area contributed by atoms with E-state index in [0.717, 1.165) is 19.3 Å². The SMILES string of the molecule is Cn1nc(-c2cc(C(F)(F)F)c(F)c(O)c2F)c2cnc(N3CCOC[C@H]3C(=O)N3CCCCC3)nc21. The van der Waals surface area contributed by atoms with Gasteiger partial charge in [0.25, 0.3) is 0 Å². The first kappa shape index (κ1) is 25.1. The molecule has 0 bridgehead atoms. The Labute approximate surface area is 207 Å². The highest BCUT2D eigenvalue weighted by Crippen LogP contribution is 2.41. The number of ether oxygens (including phenoxy) is 1. The van der Waals surface area contributed by atoms with Gasteiger partial charge in [-0.2, -0.15) is 23.3 Å². The number of aromatic hydroxyl groups is 1. The van der Waals surface area contributed by atoms with Crippen molar-refractivity contribution in [1.82, 2.24) is 24.6 Å². The van der Waals surface area contributed by atoms with Crippen molar-refractivity contribution >= 4 is 22.9 Å². The molecule has 2 aliphatic rings. The highest BCUT2D eigenvalue weighted by molar-refractivity contribution is 5.92. The number of halogens is 5. The maximum atomic E-state index is 14.7. The number of anilines is 1. The maximum Gasteiger partial charge on any atom is 0.419 e. The minimum atomic E-state index is -5.18. The van der Waals surface area contributed by atoms with Crippen LogP contribution in [-0.4, -0.2) is 74.6 Å². The van der Waals surface area contributed by atoms with Crippen molar-refractivity contribution in [3.05, 3.63) is 29.5 Å². The average Bonchev–Trinajstić information content (AvgIpc) is 3.22. The van der Waals surface area contributed by atoms with Crippen LogP contribution >= 0.6 is 0 Å². The Hall–Kier alpha value is -3.55. The Morgan fingerprint density at radius 1 is 1.14 bits per heavy atom. The molecule has 2 aliphatic heterocycles. The van der Waals surface area contributed by atoms with Crippen molar-refractivity contribution < 1.29 is 36.6 Å². The van der Waals surface area contributed by atoms with E-state index in [1.807, 2.05) is 0 Å². The summed E-state index contributed by atoms with van der Waals surface area (Å²) in [6, 6.07) is -0.395. The zero-order valence-electron chi connectivity index (χ0n) is 19.7. The highest BCUT2D eigenvalue weighted by atomic mass is 19.4. The fourth-order valence-corrected chi connectivity index (χ4v) is 4.74. The number of phenolic OH excluding ortho intramolecular Hbond substituents is 1. The number of carbonyl (C=O) groups is 1. The van der Waals surface area contributed by atoms with Gasteiger partial charge in [0.05, 0.1) is 24.2 Å². The molecule has 1 atom stereocenters. The molecule has 0 radical (unpaired) electrons.